The Labute approximate surface area is 169 Å². The van der Waals surface area contributed by atoms with E-state index in [1.54, 1.807) is 7.11 Å². The number of likely N-dealkylation sites (tertiary alicyclic amines) is 1. The van der Waals surface area contributed by atoms with Crippen LogP contribution in [0.25, 0.3) is 0 Å². The van der Waals surface area contributed by atoms with Gasteiger partial charge in [0.25, 0.3) is 5.91 Å². The number of halogens is 2. The third-order valence-corrected chi connectivity index (χ3v) is 5.39. The molecule has 2 aliphatic rings. The van der Waals surface area contributed by atoms with E-state index in [9.17, 15) is 4.79 Å². The fourth-order valence-corrected chi connectivity index (χ4v) is 3.75. The maximum Gasteiger partial charge on any atom is 0.252 e. The molecule has 2 fully saturated rings. The minimum absolute atomic E-state index is 0. The number of carbonyl (C=O) groups is 1. The second-order valence-electron chi connectivity index (χ2n) is 6.96. The summed E-state index contributed by atoms with van der Waals surface area (Å²) in [6, 6.07) is 10.8. The second-order valence-corrected chi connectivity index (χ2v) is 6.96. The molecule has 5 nitrogen and oxygen atoms in total. The summed E-state index contributed by atoms with van der Waals surface area (Å²) in [5.74, 6) is 0.0769. The Kier molecular flexibility index (Phi) is 9.90. The summed E-state index contributed by atoms with van der Waals surface area (Å²) in [5.41, 5.74) is 0.722. The molecule has 2 heterocycles. The fourth-order valence-electron chi connectivity index (χ4n) is 3.75. The SMILES string of the molecule is COC1(C(=O)NC2CCN(Cc3ccccc3)CC2)CCNCC1.Cl.Cl. The quantitative estimate of drug-likeness (QED) is 0.792. The van der Waals surface area contributed by atoms with Gasteiger partial charge >= 0.3 is 0 Å². The highest BCUT2D eigenvalue weighted by atomic mass is 35.5. The summed E-state index contributed by atoms with van der Waals surface area (Å²) in [6.45, 7) is 4.74. The van der Waals surface area contributed by atoms with Crippen LogP contribution in [0.1, 0.15) is 31.2 Å². The molecule has 1 amide bonds. The molecular formula is C19H31Cl2N3O2. The number of benzene rings is 1. The van der Waals surface area contributed by atoms with E-state index in [-0.39, 0.29) is 36.8 Å². The van der Waals surface area contributed by atoms with E-state index >= 15 is 0 Å². The lowest BCUT2D eigenvalue weighted by Gasteiger charge is -2.38. The van der Waals surface area contributed by atoms with Crippen molar-refractivity contribution in [2.24, 2.45) is 0 Å². The molecule has 7 heteroatoms. The van der Waals surface area contributed by atoms with Crippen LogP contribution in [0.5, 0.6) is 0 Å². The zero-order chi connectivity index (χ0) is 16.8. The molecule has 0 aromatic heterocycles. The Morgan fingerprint density at radius 3 is 2.38 bits per heavy atom. The lowest BCUT2D eigenvalue weighted by Crippen LogP contribution is -2.57. The van der Waals surface area contributed by atoms with Gasteiger partial charge in [-0.1, -0.05) is 30.3 Å². The van der Waals surface area contributed by atoms with E-state index in [1.807, 2.05) is 0 Å². The molecule has 1 aromatic rings. The van der Waals surface area contributed by atoms with Gasteiger partial charge in [0.1, 0.15) is 5.60 Å². The van der Waals surface area contributed by atoms with E-state index in [2.05, 4.69) is 45.9 Å². The summed E-state index contributed by atoms with van der Waals surface area (Å²) in [7, 11) is 1.66. The van der Waals surface area contributed by atoms with Crippen molar-refractivity contribution in [3.05, 3.63) is 35.9 Å². The number of carbonyl (C=O) groups excluding carboxylic acids is 1. The van der Waals surface area contributed by atoms with Crippen molar-refractivity contribution in [3.63, 3.8) is 0 Å². The maximum atomic E-state index is 12.7. The molecule has 2 saturated heterocycles. The van der Waals surface area contributed by atoms with Crippen LogP contribution in [0.15, 0.2) is 30.3 Å². The lowest BCUT2D eigenvalue weighted by atomic mass is 9.90. The van der Waals surface area contributed by atoms with Gasteiger partial charge in [-0.3, -0.25) is 9.69 Å². The number of piperidine rings is 2. The topological polar surface area (TPSA) is 53.6 Å². The number of methoxy groups -OCH3 is 1. The van der Waals surface area contributed by atoms with Crippen molar-refractivity contribution in [3.8, 4) is 0 Å². The number of hydrogen-bond acceptors (Lipinski definition) is 4. The van der Waals surface area contributed by atoms with Crippen LogP contribution in [0, 0.1) is 0 Å². The first-order valence-electron chi connectivity index (χ1n) is 9.05. The summed E-state index contributed by atoms with van der Waals surface area (Å²) >= 11 is 0. The number of rotatable bonds is 5. The predicted molar refractivity (Wildman–Crippen MR) is 109 cm³/mol. The molecule has 0 aliphatic carbocycles. The van der Waals surface area contributed by atoms with Gasteiger partial charge in [0.05, 0.1) is 0 Å². The smallest absolute Gasteiger partial charge is 0.252 e. The third kappa shape index (κ3) is 5.83. The molecule has 0 saturated carbocycles. The Hall–Kier alpha value is -0.850. The van der Waals surface area contributed by atoms with E-state index in [4.69, 9.17) is 4.74 Å². The number of hydrogen-bond donors (Lipinski definition) is 2. The van der Waals surface area contributed by atoms with E-state index in [1.165, 1.54) is 5.56 Å². The maximum absolute atomic E-state index is 12.7. The van der Waals surface area contributed by atoms with Crippen molar-refractivity contribution in [1.82, 2.24) is 15.5 Å². The minimum atomic E-state index is -0.633. The first kappa shape index (κ1) is 23.2. The van der Waals surface area contributed by atoms with Crippen LogP contribution in [0.2, 0.25) is 0 Å². The van der Waals surface area contributed by atoms with Crippen LogP contribution in [-0.2, 0) is 16.1 Å². The normalized spacial score (nSPS) is 20.5. The number of amides is 1. The zero-order valence-corrected chi connectivity index (χ0v) is 17.0. The molecular weight excluding hydrogens is 373 g/mol. The van der Waals surface area contributed by atoms with Gasteiger partial charge < -0.3 is 15.4 Å². The Morgan fingerprint density at radius 2 is 1.81 bits per heavy atom. The predicted octanol–water partition coefficient (Wildman–Crippen LogP) is 2.38. The molecule has 3 rings (SSSR count). The first-order valence-corrected chi connectivity index (χ1v) is 9.05. The van der Waals surface area contributed by atoms with Gasteiger partial charge in [-0.2, -0.15) is 0 Å². The molecule has 148 valence electrons. The molecule has 0 unspecified atom stereocenters. The number of nitrogens with zero attached hydrogens (tertiary/aromatic N) is 1. The van der Waals surface area contributed by atoms with E-state index in [0.29, 0.717) is 0 Å². The fraction of sp³-hybridized carbons (Fsp3) is 0.632. The molecule has 26 heavy (non-hydrogen) atoms. The number of nitrogens with one attached hydrogen (secondary N) is 2. The average molecular weight is 404 g/mol. The van der Waals surface area contributed by atoms with Crippen LogP contribution in [0.3, 0.4) is 0 Å². The third-order valence-electron chi connectivity index (χ3n) is 5.39. The molecule has 2 aliphatic heterocycles. The summed E-state index contributed by atoms with van der Waals surface area (Å²) in [6.07, 6.45) is 3.53. The van der Waals surface area contributed by atoms with Crippen molar-refractivity contribution >= 4 is 30.7 Å². The van der Waals surface area contributed by atoms with Gasteiger partial charge in [-0.25, -0.2) is 0 Å². The molecule has 0 atom stereocenters. The van der Waals surface area contributed by atoms with E-state index < -0.39 is 5.60 Å². The second kappa shape index (κ2) is 11.1. The highest BCUT2D eigenvalue weighted by molar-refractivity contribution is 5.86. The molecule has 1 aromatic carbocycles. The summed E-state index contributed by atoms with van der Waals surface area (Å²) in [5, 5.41) is 6.54. The number of ether oxygens (including phenoxy) is 1. The van der Waals surface area contributed by atoms with Crippen LogP contribution in [-0.4, -0.2) is 55.7 Å². The van der Waals surface area contributed by atoms with Crippen molar-refractivity contribution < 1.29 is 9.53 Å². The van der Waals surface area contributed by atoms with Gasteiger partial charge in [0.15, 0.2) is 0 Å². The lowest BCUT2D eigenvalue weighted by molar-refractivity contribution is -0.147. The van der Waals surface area contributed by atoms with Crippen LogP contribution in [0.4, 0.5) is 0 Å². The van der Waals surface area contributed by atoms with Crippen molar-refractivity contribution in [1.29, 1.82) is 0 Å². The average Bonchev–Trinajstić information content (AvgIpc) is 2.64. The largest absolute Gasteiger partial charge is 0.368 e. The Bertz CT molecular complexity index is 531. The van der Waals surface area contributed by atoms with Gasteiger partial charge in [0.2, 0.25) is 0 Å². The standard InChI is InChI=1S/C19H29N3O2.2ClH/c1-24-19(9-11-20-12-10-19)18(23)21-17-7-13-22(14-8-17)15-16-5-3-2-4-6-16;;/h2-6,17,20H,7-15H2,1H3,(H,21,23);2*1H. The van der Waals surface area contributed by atoms with Gasteiger partial charge in [0, 0.05) is 32.8 Å². The first-order chi connectivity index (χ1) is 11.7. The molecule has 0 spiro atoms. The van der Waals surface area contributed by atoms with Crippen LogP contribution < -0.4 is 10.6 Å². The van der Waals surface area contributed by atoms with Crippen molar-refractivity contribution in [2.75, 3.05) is 33.3 Å². The molecule has 2 N–H and O–H groups in total. The minimum Gasteiger partial charge on any atom is -0.368 e. The van der Waals surface area contributed by atoms with E-state index in [0.717, 1.165) is 58.4 Å². The van der Waals surface area contributed by atoms with Crippen LogP contribution >= 0.6 is 24.8 Å². The monoisotopic (exact) mass is 403 g/mol. The Morgan fingerprint density at radius 1 is 1.19 bits per heavy atom. The molecule has 0 bridgehead atoms. The Balaban J connectivity index is 0.00000169. The van der Waals surface area contributed by atoms with Gasteiger partial charge in [-0.15, -0.1) is 24.8 Å². The van der Waals surface area contributed by atoms with Crippen molar-refractivity contribution in [2.45, 2.75) is 43.9 Å². The highest BCUT2D eigenvalue weighted by Crippen LogP contribution is 2.24. The molecule has 0 radical (unpaired) electrons. The summed E-state index contributed by atoms with van der Waals surface area (Å²) in [4.78, 5) is 15.2. The summed E-state index contributed by atoms with van der Waals surface area (Å²) < 4.78 is 5.62. The van der Waals surface area contributed by atoms with Gasteiger partial charge in [-0.05, 0) is 44.3 Å². The highest BCUT2D eigenvalue weighted by Gasteiger charge is 2.40. The zero-order valence-electron chi connectivity index (χ0n) is 15.4.